The smallest absolute Gasteiger partial charge is 0.343 e. The van der Waals surface area contributed by atoms with Crippen LogP contribution >= 0.6 is 0 Å². The van der Waals surface area contributed by atoms with Crippen molar-refractivity contribution in [2.45, 2.75) is 98.0 Å². The van der Waals surface area contributed by atoms with Gasteiger partial charge >= 0.3 is 5.97 Å². The van der Waals surface area contributed by atoms with Gasteiger partial charge < -0.3 is 9.47 Å². The zero-order chi connectivity index (χ0) is 23.2. The molecule has 3 heteroatoms. The number of esters is 1. The molecule has 0 fully saturated rings. The predicted molar refractivity (Wildman–Crippen MR) is 134 cm³/mol. The topological polar surface area (TPSA) is 35.5 Å². The van der Waals surface area contributed by atoms with Crippen LogP contribution in [0.15, 0.2) is 48.5 Å². The summed E-state index contributed by atoms with van der Waals surface area (Å²) in [6.07, 6.45) is 12.8. The fourth-order valence-corrected chi connectivity index (χ4v) is 3.61. The minimum atomic E-state index is -0.346. The molecular weight excluding hydrogens is 396 g/mol. The van der Waals surface area contributed by atoms with Crippen LogP contribution in [0.3, 0.4) is 0 Å². The molecule has 0 bridgehead atoms. The highest BCUT2D eigenvalue weighted by atomic mass is 16.5. The Morgan fingerprint density at radius 3 is 1.97 bits per heavy atom. The number of carbonyl (C=O) groups is 1. The average Bonchev–Trinajstić information content (AvgIpc) is 2.81. The molecule has 3 nitrogen and oxygen atoms in total. The quantitative estimate of drug-likeness (QED) is 0.159. The van der Waals surface area contributed by atoms with Crippen LogP contribution in [0.4, 0.5) is 0 Å². The van der Waals surface area contributed by atoms with Crippen LogP contribution in [0.2, 0.25) is 0 Å². The Hall–Kier alpha value is -2.29. The molecule has 0 aliphatic rings. The molecule has 0 amide bonds. The van der Waals surface area contributed by atoms with E-state index in [0.29, 0.717) is 11.3 Å². The largest absolute Gasteiger partial charge is 0.491 e. The first kappa shape index (κ1) is 26.0. The third-order valence-corrected chi connectivity index (χ3v) is 6.25. The summed E-state index contributed by atoms with van der Waals surface area (Å²) in [5, 5.41) is 0. The SMILES string of the molecule is CC[C@H](C)CCCCCCCCc1ccc(OC(=O)c2ccc(O[C@H](C)CC)cc2)cc1. The third-order valence-electron chi connectivity index (χ3n) is 6.25. The normalized spacial score (nSPS) is 12.9. The first-order valence-corrected chi connectivity index (χ1v) is 12.6. The average molecular weight is 439 g/mol. The zero-order valence-corrected chi connectivity index (χ0v) is 20.6. The van der Waals surface area contributed by atoms with E-state index in [1.54, 1.807) is 12.1 Å². The van der Waals surface area contributed by atoms with Gasteiger partial charge in [-0.3, -0.25) is 0 Å². The minimum Gasteiger partial charge on any atom is -0.491 e. The van der Waals surface area contributed by atoms with Gasteiger partial charge in [0.15, 0.2) is 0 Å². The van der Waals surface area contributed by atoms with Gasteiger partial charge in [-0.25, -0.2) is 4.79 Å². The summed E-state index contributed by atoms with van der Waals surface area (Å²) >= 11 is 0. The second kappa shape index (κ2) is 14.7. The van der Waals surface area contributed by atoms with Gasteiger partial charge in [-0.05, 0) is 74.1 Å². The maximum absolute atomic E-state index is 12.4. The third kappa shape index (κ3) is 9.89. The maximum atomic E-state index is 12.4. The minimum absolute atomic E-state index is 0.158. The number of unbranched alkanes of at least 4 members (excludes halogenated alkanes) is 5. The van der Waals surface area contributed by atoms with Crippen molar-refractivity contribution in [2.75, 3.05) is 0 Å². The molecule has 0 saturated carbocycles. The zero-order valence-electron chi connectivity index (χ0n) is 20.6. The lowest BCUT2D eigenvalue weighted by molar-refractivity contribution is 0.0734. The van der Waals surface area contributed by atoms with Gasteiger partial charge in [0, 0.05) is 0 Å². The monoisotopic (exact) mass is 438 g/mol. The van der Waals surface area contributed by atoms with E-state index in [1.807, 2.05) is 31.2 Å². The van der Waals surface area contributed by atoms with E-state index in [2.05, 4.69) is 32.9 Å². The van der Waals surface area contributed by atoms with E-state index in [-0.39, 0.29) is 12.1 Å². The van der Waals surface area contributed by atoms with Crippen LogP contribution in [-0.4, -0.2) is 12.1 Å². The summed E-state index contributed by atoms with van der Waals surface area (Å²) in [4.78, 5) is 12.4. The Morgan fingerprint density at radius 2 is 1.34 bits per heavy atom. The van der Waals surface area contributed by atoms with E-state index in [0.717, 1.165) is 24.5 Å². The molecule has 2 aromatic carbocycles. The van der Waals surface area contributed by atoms with Crippen LogP contribution in [0.25, 0.3) is 0 Å². The molecule has 2 rings (SSSR count). The Labute approximate surface area is 195 Å². The molecule has 2 atom stereocenters. The lowest BCUT2D eigenvalue weighted by Gasteiger charge is -2.12. The molecule has 32 heavy (non-hydrogen) atoms. The van der Waals surface area contributed by atoms with E-state index in [9.17, 15) is 4.79 Å². The van der Waals surface area contributed by atoms with E-state index in [1.165, 1.54) is 56.9 Å². The van der Waals surface area contributed by atoms with E-state index >= 15 is 0 Å². The van der Waals surface area contributed by atoms with Gasteiger partial charge in [0.05, 0.1) is 11.7 Å². The molecule has 0 unspecified atom stereocenters. The van der Waals surface area contributed by atoms with Crippen molar-refractivity contribution in [3.05, 3.63) is 59.7 Å². The number of hydrogen-bond acceptors (Lipinski definition) is 3. The van der Waals surface area contributed by atoms with Crippen LogP contribution in [0.1, 0.15) is 101 Å². The van der Waals surface area contributed by atoms with E-state index in [4.69, 9.17) is 9.47 Å². The van der Waals surface area contributed by atoms with E-state index < -0.39 is 0 Å². The van der Waals surface area contributed by atoms with Crippen LogP contribution in [-0.2, 0) is 6.42 Å². The van der Waals surface area contributed by atoms with Crippen molar-refractivity contribution in [1.82, 2.24) is 0 Å². The molecule has 0 heterocycles. The van der Waals surface area contributed by atoms with Crippen LogP contribution < -0.4 is 9.47 Å². The highest BCUT2D eigenvalue weighted by Crippen LogP contribution is 2.19. The molecule has 2 aromatic rings. The van der Waals surface area contributed by atoms with Crippen molar-refractivity contribution >= 4 is 5.97 Å². The molecule has 0 aliphatic carbocycles. The number of carbonyl (C=O) groups excluding carboxylic acids is 1. The highest BCUT2D eigenvalue weighted by Gasteiger charge is 2.10. The molecule has 0 N–H and O–H groups in total. The number of aryl methyl sites for hydroxylation is 1. The number of hydrogen-bond donors (Lipinski definition) is 0. The van der Waals surface area contributed by atoms with Crippen molar-refractivity contribution in [1.29, 1.82) is 0 Å². The Morgan fingerprint density at radius 1 is 0.750 bits per heavy atom. The first-order chi connectivity index (χ1) is 15.5. The molecule has 0 radical (unpaired) electrons. The summed E-state index contributed by atoms with van der Waals surface area (Å²) in [5.41, 5.74) is 1.82. The highest BCUT2D eigenvalue weighted by molar-refractivity contribution is 5.91. The van der Waals surface area contributed by atoms with Crippen LogP contribution in [0.5, 0.6) is 11.5 Å². The summed E-state index contributed by atoms with van der Waals surface area (Å²) in [5.74, 6) is 1.89. The maximum Gasteiger partial charge on any atom is 0.343 e. The number of rotatable bonds is 15. The molecule has 0 saturated heterocycles. The van der Waals surface area contributed by atoms with Crippen molar-refractivity contribution in [3.63, 3.8) is 0 Å². The summed E-state index contributed by atoms with van der Waals surface area (Å²) in [6, 6.07) is 15.0. The summed E-state index contributed by atoms with van der Waals surface area (Å²) in [6.45, 7) is 8.75. The lowest BCUT2D eigenvalue weighted by Crippen LogP contribution is -2.11. The van der Waals surface area contributed by atoms with Gasteiger partial charge in [0.2, 0.25) is 0 Å². The molecule has 0 aliphatic heterocycles. The fraction of sp³-hybridized carbons (Fsp3) is 0.552. The van der Waals surface area contributed by atoms with Gasteiger partial charge in [0.1, 0.15) is 11.5 Å². The van der Waals surface area contributed by atoms with Crippen LogP contribution in [0, 0.1) is 5.92 Å². The van der Waals surface area contributed by atoms with Crippen molar-refractivity contribution in [2.24, 2.45) is 5.92 Å². The van der Waals surface area contributed by atoms with Gasteiger partial charge in [0.25, 0.3) is 0 Å². The van der Waals surface area contributed by atoms with Gasteiger partial charge in [-0.2, -0.15) is 0 Å². The second-order valence-corrected chi connectivity index (χ2v) is 9.07. The molecular formula is C29H42O3. The molecule has 0 spiro atoms. The number of benzene rings is 2. The predicted octanol–water partition coefficient (Wildman–Crippen LogP) is 8.40. The Kier molecular flexibility index (Phi) is 11.9. The Bertz CT molecular complexity index is 764. The molecule has 0 aromatic heterocycles. The Balaban J connectivity index is 1.66. The van der Waals surface area contributed by atoms with Crippen molar-refractivity contribution in [3.8, 4) is 11.5 Å². The molecule has 176 valence electrons. The van der Waals surface area contributed by atoms with Crippen molar-refractivity contribution < 1.29 is 14.3 Å². The first-order valence-electron chi connectivity index (χ1n) is 12.6. The summed E-state index contributed by atoms with van der Waals surface area (Å²) < 4.78 is 11.3. The standard InChI is InChI=1S/C29H42O3/c1-5-23(3)13-11-9-7-8-10-12-14-25-15-19-28(20-16-25)32-29(30)26-17-21-27(22-18-26)31-24(4)6-2/h15-24H,5-14H2,1-4H3/t23-,24+/m0/s1. The summed E-state index contributed by atoms with van der Waals surface area (Å²) in [7, 11) is 0. The fourth-order valence-electron chi connectivity index (χ4n) is 3.61. The lowest BCUT2D eigenvalue weighted by atomic mass is 9.99. The van der Waals surface area contributed by atoms with Gasteiger partial charge in [-0.1, -0.05) is 77.8 Å². The number of ether oxygens (including phenoxy) is 2. The second-order valence-electron chi connectivity index (χ2n) is 9.07. The van der Waals surface area contributed by atoms with Gasteiger partial charge in [-0.15, -0.1) is 0 Å².